The minimum Gasteiger partial charge on any atom is -0.324 e. The summed E-state index contributed by atoms with van der Waals surface area (Å²) in [4.78, 5) is 4.20. The predicted molar refractivity (Wildman–Crippen MR) is 125 cm³/mol. The van der Waals surface area contributed by atoms with Gasteiger partial charge in [-0.1, -0.05) is 43.3 Å². The highest BCUT2D eigenvalue weighted by atomic mass is 32.2. The number of fused-ring (bicyclic) bond motifs is 1. The number of nitrogens with zero attached hydrogens (tertiary/aromatic N) is 4. The Hall–Kier alpha value is -4.19. The average Bonchev–Trinajstić information content (AvgIpc) is 3.37. The molecule has 35 heavy (non-hydrogen) atoms. The summed E-state index contributed by atoms with van der Waals surface area (Å²) in [5.41, 5.74) is 1.77. The molecule has 0 aliphatic carbocycles. The number of H-pyrrole nitrogens is 1. The number of aliphatic imine (C=N–C) groups is 1. The van der Waals surface area contributed by atoms with Gasteiger partial charge in [-0.25, -0.2) is 26.9 Å². The van der Waals surface area contributed by atoms with Crippen molar-refractivity contribution in [2.75, 3.05) is 5.32 Å². The quantitative estimate of drug-likeness (QED) is 0.389. The summed E-state index contributed by atoms with van der Waals surface area (Å²) >= 11 is 0. The third kappa shape index (κ3) is 4.35. The molecule has 0 saturated heterocycles. The zero-order valence-corrected chi connectivity index (χ0v) is 19.1. The van der Waals surface area contributed by atoms with Crippen LogP contribution in [0.5, 0.6) is 0 Å². The van der Waals surface area contributed by atoms with Crippen LogP contribution in [0.2, 0.25) is 0 Å². The molecule has 9 nitrogen and oxygen atoms in total. The third-order valence-corrected chi connectivity index (χ3v) is 7.05. The third-order valence-electron chi connectivity index (χ3n) is 5.67. The van der Waals surface area contributed by atoms with Gasteiger partial charge in [0.25, 0.3) is 10.0 Å². The molecule has 1 aliphatic rings. The lowest BCUT2D eigenvalue weighted by Crippen LogP contribution is -2.41. The molecule has 0 fully saturated rings. The fourth-order valence-corrected chi connectivity index (χ4v) is 5.15. The summed E-state index contributed by atoms with van der Waals surface area (Å²) in [6.07, 6.45) is 0. The molecular formula is C23H19F2N7O2S. The van der Waals surface area contributed by atoms with E-state index in [9.17, 15) is 12.8 Å². The lowest BCUT2D eigenvalue weighted by molar-refractivity contribution is 0.577. The molecule has 1 aromatic heterocycles. The predicted octanol–water partition coefficient (Wildman–Crippen LogP) is 3.56. The maximum Gasteiger partial charge on any atom is 0.266 e. The highest BCUT2D eigenvalue weighted by Crippen LogP contribution is 2.38. The van der Waals surface area contributed by atoms with Crippen molar-refractivity contribution in [2.45, 2.75) is 24.3 Å². The lowest BCUT2D eigenvalue weighted by atomic mass is 9.91. The number of hydrogen-bond donors (Lipinski definition) is 3. The molecular weight excluding hydrogens is 476 g/mol. The van der Waals surface area contributed by atoms with Crippen LogP contribution in [0.3, 0.4) is 0 Å². The van der Waals surface area contributed by atoms with Gasteiger partial charge < -0.3 is 5.32 Å². The van der Waals surface area contributed by atoms with Crippen molar-refractivity contribution in [2.24, 2.45) is 4.99 Å². The van der Waals surface area contributed by atoms with E-state index in [0.717, 1.165) is 11.6 Å². The zero-order valence-electron chi connectivity index (χ0n) is 18.3. The molecule has 178 valence electrons. The molecule has 0 spiro atoms. The van der Waals surface area contributed by atoms with E-state index < -0.39 is 27.6 Å². The topological polar surface area (TPSA) is 125 Å². The number of sulfonamides is 1. The summed E-state index contributed by atoms with van der Waals surface area (Å²) < 4.78 is 57.7. The fourth-order valence-electron chi connectivity index (χ4n) is 3.99. The average molecular weight is 496 g/mol. The van der Waals surface area contributed by atoms with Gasteiger partial charge in [0.15, 0.2) is 0 Å². The molecule has 5 rings (SSSR count). The molecule has 1 atom stereocenters. The zero-order chi connectivity index (χ0) is 24.6. The minimum atomic E-state index is -4.04. The van der Waals surface area contributed by atoms with E-state index in [-0.39, 0.29) is 34.2 Å². The van der Waals surface area contributed by atoms with Crippen LogP contribution in [0.1, 0.15) is 29.5 Å². The number of hydrogen-bond acceptors (Lipinski definition) is 6. The van der Waals surface area contributed by atoms with Crippen LogP contribution < -0.4 is 10.0 Å². The van der Waals surface area contributed by atoms with Gasteiger partial charge in [0.05, 0.1) is 12.2 Å². The van der Waals surface area contributed by atoms with Gasteiger partial charge in [-0.05, 0) is 40.6 Å². The monoisotopic (exact) mass is 495 g/mol. The van der Waals surface area contributed by atoms with E-state index in [1.165, 1.54) is 18.2 Å². The summed E-state index contributed by atoms with van der Waals surface area (Å²) in [6.45, 7) is 1.73. The maximum atomic E-state index is 15.0. The normalized spacial score (nSPS) is 16.3. The van der Waals surface area contributed by atoms with E-state index >= 15 is 4.39 Å². The van der Waals surface area contributed by atoms with Crippen LogP contribution in [0, 0.1) is 11.6 Å². The van der Waals surface area contributed by atoms with Crippen molar-refractivity contribution in [3.05, 3.63) is 89.0 Å². The Labute approximate surface area is 199 Å². The standard InChI is InChI=1S/C23H19F2N7O2S/c1-13(16-7-2-3-8-17(16)24)20-18(25)9-10-19-21(20)27-23(30-35(19,33)34)26-12-14-5-4-6-15(11-14)22-28-31-32-29-22/h2-11,13H,12H2,1H3,(H2,26,27,30)(H,28,29,31,32)/t13-/m0/s1. The van der Waals surface area contributed by atoms with Gasteiger partial charge in [0.2, 0.25) is 11.8 Å². The van der Waals surface area contributed by atoms with Crippen LogP contribution >= 0.6 is 0 Å². The van der Waals surface area contributed by atoms with Crippen LogP contribution in [0.25, 0.3) is 11.4 Å². The number of halogens is 2. The van der Waals surface area contributed by atoms with E-state index in [1.54, 1.807) is 37.3 Å². The summed E-state index contributed by atoms with van der Waals surface area (Å²) in [5.74, 6) is -1.59. The number of aromatic amines is 1. The summed E-state index contributed by atoms with van der Waals surface area (Å²) in [5, 5.41) is 16.7. The minimum absolute atomic E-state index is 0.0267. The number of benzene rings is 3. The Bertz CT molecular complexity index is 1540. The van der Waals surface area contributed by atoms with Crippen molar-refractivity contribution in [1.82, 2.24) is 25.3 Å². The molecule has 12 heteroatoms. The maximum absolute atomic E-state index is 15.0. The van der Waals surface area contributed by atoms with E-state index in [0.29, 0.717) is 11.4 Å². The number of rotatable bonds is 5. The largest absolute Gasteiger partial charge is 0.324 e. The van der Waals surface area contributed by atoms with E-state index in [1.807, 2.05) is 6.07 Å². The molecule has 0 saturated carbocycles. The lowest BCUT2D eigenvalue weighted by Gasteiger charge is -2.26. The second kappa shape index (κ2) is 8.87. The van der Waals surface area contributed by atoms with Crippen LogP contribution in [0.15, 0.2) is 70.6 Å². The Kier molecular flexibility index (Phi) is 5.73. The Morgan fingerprint density at radius 1 is 1.03 bits per heavy atom. The molecule has 3 N–H and O–H groups in total. The van der Waals surface area contributed by atoms with Gasteiger partial charge in [-0.2, -0.15) is 5.21 Å². The second-order valence-corrected chi connectivity index (χ2v) is 9.56. The Morgan fingerprint density at radius 2 is 1.86 bits per heavy atom. The van der Waals surface area contributed by atoms with Gasteiger partial charge in [-0.15, -0.1) is 10.2 Å². The first-order valence-corrected chi connectivity index (χ1v) is 12.1. The highest BCUT2D eigenvalue weighted by Gasteiger charge is 2.32. The summed E-state index contributed by atoms with van der Waals surface area (Å²) in [6, 6.07) is 15.4. The molecule has 2 heterocycles. The molecule has 3 aromatic carbocycles. The van der Waals surface area contributed by atoms with Crippen LogP contribution in [-0.2, 0) is 16.6 Å². The van der Waals surface area contributed by atoms with Crippen molar-refractivity contribution < 1.29 is 17.2 Å². The van der Waals surface area contributed by atoms with Gasteiger partial charge in [-0.3, -0.25) is 0 Å². The smallest absolute Gasteiger partial charge is 0.266 e. The van der Waals surface area contributed by atoms with Gasteiger partial charge in [0.1, 0.15) is 16.5 Å². The van der Waals surface area contributed by atoms with Crippen molar-refractivity contribution in [1.29, 1.82) is 0 Å². The summed E-state index contributed by atoms with van der Waals surface area (Å²) in [7, 11) is -4.04. The Balaban J connectivity index is 1.50. The molecule has 0 radical (unpaired) electrons. The highest BCUT2D eigenvalue weighted by molar-refractivity contribution is 7.90. The van der Waals surface area contributed by atoms with Crippen LogP contribution in [0.4, 0.5) is 14.5 Å². The SMILES string of the molecule is C[C@@H](c1ccccc1F)c1c(F)ccc2c1NC(=NCc1cccc(-c3nn[nH]n3)c1)NS2(=O)=O. The first kappa shape index (κ1) is 22.6. The number of guanidine groups is 1. The van der Waals surface area contributed by atoms with Crippen molar-refractivity contribution in [3.63, 3.8) is 0 Å². The number of aromatic nitrogens is 4. The number of anilines is 1. The van der Waals surface area contributed by atoms with Crippen molar-refractivity contribution in [3.8, 4) is 11.4 Å². The van der Waals surface area contributed by atoms with E-state index in [4.69, 9.17) is 0 Å². The molecule has 1 aliphatic heterocycles. The van der Waals surface area contributed by atoms with Crippen LogP contribution in [-0.4, -0.2) is 35.0 Å². The van der Waals surface area contributed by atoms with E-state index in [2.05, 4.69) is 35.7 Å². The molecule has 4 aromatic rings. The first-order chi connectivity index (χ1) is 16.8. The second-order valence-electron chi connectivity index (χ2n) is 7.91. The Morgan fingerprint density at radius 3 is 2.63 bits per heavy atom. The fraction of sp³-hybridized carbons (Fsp3) is 0.130. The first-order valence-electron chi connectivity index (χ1n) is 10.6. The van der Waals surface area contributed by atoms with Gasteiger partial charge >= 0.3 is 0 Å². The van der Waals surface area contributed by atoms with Gasteiger partial charge in [0, 0.05) is 17.0 Å². The molecule has 0 amide bonds. The molecule has 0 bridgehead atoms. The van der Waals surface area contributed by atoms with Crippen molar-refractivity contribution >= 4 is 21.7 Å². The number of nitrogens with one attached hydrogen (secondary N) is 3. The number of tetrazole rings is 1. The molecule has 0 unspecified atom stereocenters.